The summed E-state index contributed by atoms with van der Waals surface area (Å²) in [5, 5.41) is 6.88. The van der Waals surface area contributed by atoms with E-state index in [9.17, 15) is 4.79 Å². The van der Waals surface area contributed by atoms with Crippen molar-refractivity contribution in [3.05, 3.63) is 47.7 Å². The summed E-state index contributed by atoms with van der Waals surface area (Å²) in [5.41, 5.74) is 1.86. The van der Waals surface area contributed by atoms with Crippen LogP contribution in [0.25, 0.3) is 0 Å². The fourth-order valence-electron chi connectivity index (χ4n) is 1.79. The van der Waals surface area contributed by atoms with E-state index >= 15 is 0 Å². The van der Waals surface area contributed by atoms with E-state index in [0.717, 1.165) is 29.4 Å². The zero-order valence-corrected chi connectivity index (χ0v) is 13.6. The van der Waals surface area contributed by atoms with Gasteiger partial charge in [0.15, 0.2) is 10.9 Å². The van der Waals surface area contributed by atoms with Crippen molar-refractivity contribution in [2.45, 2.75) is 18.6 Å². The molecule has 6 heteroatoms. The number of para-hydroxylation sites is 1. The first-order valence-corrected chi connectivity index (χ1v) is 7.71. The molecule has 0 spiro atoms. The molecule has 114 valence electrons. The summed E-state index contributed by atoms with van der Waals surface area (Å²) in [7, 11) is 0. The van der Waals surface area contributed by atoms with E-state index in [1.807, 2.05) is 37.4 Å². The van der Waals surface area contributed by atoms with Gasteiger partial charge in [-0.1, -0.05) is 36.9 Å². The average Bonchev–Trinajstić information content (AvgIpc) is 2.95. The predicted octanol–water partition coefficient (Wildman–Crippen LogP) is 3.79. The monoisotopic (exact) mass is 326 g/mol. The SMILES string of the molecule is CCNCc1ccccc1NC(=O)c1ccc(SC)o1.Cl. The standard InChI is InChI=1S/C15H18N2O2S.ClH/c1-3-16-10-11-6-4-5-7-12(11)17-15(18)13-8-9-14(19-13)20-2;/h4-9,16H,3,10H2,1-2H3,(H,17,18);1H. The summed E-state index contributed by atoms with van der Waals surface area (Å²) in [5.74, 6) is 0.0989. The molecule has 2 aromatic rings. The first-order chi connectivity index (χ1) is 9.74. The van der Waals surface area contributed by atoms with Crippen molar-refractivity contribution >= 4 is 35.8 Å². The Labute approximate surface area is 135 Å². The number of rotatable bonds is 6. The zero-order chi connectivity index (χ0) is 14.4. The van der Waals surface area contributed by atoms with Crippen LogP contribution in [0.15, 0.2) is 45.9 Å². The van der Waals surface area contributed by atoms with Crippen LogP contribution in [-0.2, 0) is 6.54 Å². The van der Waals surface area contributed by atoms with Gasteiger partial charge in [-0.15, -0.1) is 12.4 Å². The minimum Gasteiger partial charge on any atom is -0.445 e. The molecule has 0 atom stereocenters. The Kier molecular flexibility index (Phi) is 7.36. The van der Waals surface area contributed by atoms with Gasteiger partial charge in [0.05, 0.1) is 0 Å². The van der Waals surface area contributed by atoms with Gasteiger partial charge in [0.1, 0.15) is 0 Å². The van der Waals surface area contributed by atoms with Crippen LogP contribution in [0.5, 0.6) is 0 Å². The molecule has 2 rings (SSSR count). The normalized spacial score (nSPS) is 10.0. The summed E-state index contributed by atoms with van der Waals surface area (Å²) in [4.78, 5) is 12.1. The van der Waals surface area contributed by atoms with Crippen molar-refractivity contribution in [3.63, 3.8) is 0 Å². The highest BCUT2D eigenvalue weighted by Gasteiger charge is 2.12. The summed E-state index contributed by atoms with van der Waals surface area (Å²) in [6.07, 6.45) is 1.91. The molecule has 0 aliphatic carbocycles. The van der Waals surface area contributed by atoms with Gasteiger partial charge in [-0.3, -0.25) is 4.79 Å². The molecule has 0 bridgehead atoms. The van der Waals surface area contributed by atoms with E-state index < -0.39 is 0 Å². The number of carbonyl (C=O) groups is 1. The molecule has 0 aliphatic rings. The molecule has 0 fully saturated rings. The quantitative estimate of drug-likeness (QED) is 0.793. The van der Waals surface area contributed by atoms with Crippen LogP contribution in [0.2, 0.25) is 0 Å². The van der Waals surface area contributed by atoms with Gasteiger partial charge in [-0.25, -0.2) is 0 Å². The van der Waals surface area contributed by atoms with Gasteiger partial charge in [0.2, 0.25) is 0 Å². The van der Waals surface area contributed by atoms with E-state index in [2.05, 4.69) is 10.6 Å². The summed E-state index contributed by atoms with van der Waals surface area (Å²) >= 11 is 1.47. The van der Waals surface area contributed by atoms with Gasteiger partial charge in [-0.2, -0.15) is 0 Å². The highest BCUT2D eigenvalue weighted by atomic mass is 35.5. The van der Waals surface area contributed by atoms with Crippen LogP contribution in [0, 0.1) is 0 Å². The number of benzene rings is 1. The Morgan fingerprint density at radius 3 is 2.67 bits per heavy atom. The lowest BCUT2D eigenvalue weighted by molar-refractivity contribution is 0.0992. The molecule has 1 aromatic heterocycles. The van der Waals surface area contributed by atoms with E-state index in [1.54, 1.807) is 12.1 Å². The van der Waals surface area contributed by atoms with E-state index in [1.165, 1.54) is 11.8 Å². The second-order valence-corrected chi connectivity index (χ2v) is 5.03. The van der Waals surface area contributed by atoms with Crippen LogP contribution >= 0.6 is 24.2 Å². The molecule has 4 nitrogen and oxygen atoms in total. The number of halogens is 1. The molecule has 1 amide bonds. The van der Waals surface area contributed by atoms with Crippen molar-refractivity contribution in [1.29, 1.82) is 0 Å². The van der Waals surface area contributed by atoms with E-state index in [4.69, 9.17) is 4.42 Å². The number of nitrogens with one attached hydrogen (secondary N) is 2. The second-order valence-electron chi connectivity index (χ2n) is 4.21. The Morgan fingerprint density at radius 1 is 1.24 bits per heavy atom. The van der Waals surface area contributed by atoms with Crippen LogP contribution in [0.4, 0.5) is 5.69 Å². The van der Waals surface area contributed by atoms with Gasteiger partial charge in [-0.05, 0) is 36.6 Å². The van der Waals surface area contributed by atoms with Crippen molar-refractivity contribution in [3.8, 4) is 0 Å². The second kappa shape index (κ2) is 8.77. The largest absolute Gasteiger partial charge is 0.445 e. The number of hydrogen-bond acceptors (Lipinski definition) is 4. The third kappa shape index (κ3) is 4.81. The van der Waals surface area contributed by atoms with Crippen LogP contribution in [-0.4, -0.2) is 18.7 Å². The highest BCUT2D eigenvalue weighted by Crippen LogP contribution is 2.20. The summed E-state index contributed by atoms with van der Waals surface area (Å²) in [6, 6.07) is 11.2. The van der Waals surface area contributed by atoms with Crippen LogP contribution < -0.4 is 10.6 Å². The first-order valence-electron chi connectivity index (χ1n) is 6.48. The molecular formula is C15H19ClN2O2S. The van der Waals surface area contributed by atoms with Crippen molar-refractivity contribution in [1.82, 2.24) is 5.32 Å². The minimum absolute atomic E-state index is 0. The Morgan fingerprint density at radius 2 is 2.00 bits per heavy atom. The zero-order valence-electron chi connectivity index (χ0n) is 12.0. The van der Waals surface area contributed by atoms with Crippen LogP contribution in [0.1, 0.15) is 23.0 Å². The molecule has 2 N–H and O–H groups in total. The maximum Gasteiger partial charge on any atom is 0.291 e. The van der Waals surface area contributed by atoms with E-state index in [0.29, 0.717) is 5.76 Å². The smallest absolute Gasteiger partial charge is 0.291 e. The molecular weight excluding hydrogens is 308 g/mol. The predicted molar refractivity (Wildman–Crippen MR) is 89.5 cm³/mol. The topological polar surface area (TPSA) is 54.3 Å². The van der Waals surface area contributed by atoms with Crippen molar-refractivity contribution < 1.29 is 9.21 Å². The minimum atomic E-state index is -0.228. The van der Waals surface area contributed by atoms with Gasteiger partial charge >= 0.3 is 0 Å². The fourth-order valence-corrected chi connectivity index (χ4v) is 2.17. The summed E-state index contributed by atoms with van der Waals surface area (Å²) < 4.78 is 5.42. The first kappa shape index (κ1) is 17.6. The molecule has 0 saturated carbocycles. The molecule has 0 aliphatic heterocycles. The van der Waals surface area contributed by atoms with Crippen molar-refractivity contribution in [2.24, 2.45) is 0 Å². The van der Waals surface area contributed by atoms with Gasteiger partial charge in [0, 0.05) is 12.2 Å². The highest BCUT2D eigenvalue weighted by molar-refractivity contribution is 7.98. The summed E-state index contributed by atoms with van der Waals surface area (Å²) in [6.45, 7) is 3.66. The lowest BCUT2D eigenvalue weighted by atomic mass is 10.1. The number of hydrogen-bond donors (Lipinski definition) is 2. The molecule has 21 heavy (non-hydrogen) atoms. The number of carbonyl (C=O) groups excluding carboxylic acids is 1. The molecule has 0 saturated heterocycles. The number of anilines is 1. The third-order valence-corrected chi connectivity index (χ3v) is 3.46. The fraction of sp³-hybridized carbons (Fsp3) is 0.267. The average molecular weight is 327 g/mol. The van der Waals surface area contributed by atoms with E-state index in [-0.39, 0.29) is 18.3 Å². The molecule has 1 heterocycles. The van der Waals surface area contributed by atoms with Crippen molar-refractivity contribution in [2.75, 3.05) is 18.1 Å². The Bertz CT molecular complexity index is 587. The van der Waals surface area contributed by atoms with Gasteiger partial charge < -0.3 is 15.1 Å². The Hall–Kier alpha value is -1.43. The van der Waals surface area contributed by atoms with Crippen LogP contribution in [0.3, 0.4) is 0 Å². The lowest BCUT2D eigenvalue weighted by Gasteiger charge is -2.10. The maximum atomic E-state index is 12.1. The number of amides is 1. The third-order valence-electron chi connectivity index (χ3n) is 2.84. The molecule has 0 radical (unpaired) electrons. The number of furan rings is 1. The van der Waals surface area contributed by atoms with Gasteiger partial charge in [0.25, 0.3) is 5.91 Å². The lowest BCUT2D eigenvalue weighted by Crippen LogP contribution is -2.16. The maximum absolute atomic E-state index is 12.1. The molecule has 1 aromatic carbocycles. The Balaban J connectivity index is 0.00000220. The molecule has 0 unspecified atom stereocenters. The number of thioether (sulfide) groups is 1.